The Labute approximate surface area is 751 Å². The van der Waals surface area contributed by atoms with Crippen molar-refractivity contribution in [3.8, 4) is 5.75 Å². The Bertz CT molecular complexity index is 6250. The third-order valence-electron chi connectivity index (χ3n) is 24.4. The minimum Gasteiger partial charge on any atom is -0.497 e. The Morgan fingerprint density at radius 3 is 1.38 bits per heavy atom. The lowest BCUT2D eigenvalue weighted by molar-refractivity contribution is -0.150. The molecule has 21 rings (SSSR count). The highest BCUT2D eigenvalue weighted by Gasteiger charge is 2.51. The fourth-order valence-corrected chi connectivity index (χ4v) is 23.3. The number of hydrogen-bond donors (Lipinski definition) is 3. The molecule has 13 nitrogen and oxygen atoms in total. The number of thiazole rings is 5. The molecule has 26 heteroatoms. The summed E-state index contributed by atoms with van der Waals surface area (Å²) in [7, 11) is 1.61. The van der Waals surface area contributed by atoms with Crippen LogP contribution in [0, 0.1) is 38.2 Å². The standard InChI is InChI=1S/C31H28FNO3S.C23H23FN2O2S.C23H22FNO2S.C10H8BrNS.C7H3BrClNS.2H2S.H2/c1-19-25(4-3-5-26(19)32)31(30(34)36-18-20-6-11-24(35-2)12-7-20)15-14-23(17-31)22-10-13-28-27(16-22)33-29(37-28)21-8-9-21;1-13-17(3-2-4-18(13)24)23(22(27)26-28)10-9-16(12-23)15-7-8-20-19(11-15)25-21(29-20)14-5-6-14;1-13-17(3-2-4-18(13)24)23(22(26)27)10-9-16(12-23)15-7-8-20-19(11-15)25-21(28-20)14-5-6-14;11-7-3-4-9-8(5-7)12-10(13-9)6-1-2-6;8-4-1-2-6-5(3-4)10-7(9)11-6;;;/h3-7,10-13,16-17,21H,8-9,14-15,18H2,1-2H3;2-4,7-8,11,14,16,28H,5-6,9-10,12H2,1H3,(H,26,27);2-4,7-8,11,14,16H,5-6,9-10,12H2,1H3,(H,26,27);3-6H,1-2H2;1-3H;2*1H2;1H/t31-;16-,23-;16?,23-;;;;;/m000...../s1/i;;;;;;;1+1. The van der Waals surface area contributed by atoms with E-state index in [0.717, 1.165) is 93.6 Å². The zero-order valence-electron chi connectivity index (χ0n) is 66.2. The summed E-state index contributed by atoms with van der Waals surface area (Å²) in [5, 5.41) is 24.6. The van der Waals surface area contributed by atoms with E-state index in [1.165, 1.54) is 120 Å². The number of rotatable bonds is 16. The maximum absolute atomic E-state index is 14.7. The van der Waals surface area contributed by atoms with Crippen molar-refractivity contribution in [3.05, 3.63) is 282 Å². The van der Waals surface area contributed by atoms with Crippen molar-refractivity contribution in [1.29, 1.82) is 0 Å². The van der Waals surface area contributed by atoms with Gasteiger partial charge < -0.3 is 14.6 Å². The lowest BCUT2D eigenvalue weighted by Gasteiger charge is -2.29. The molecule has 0 spiro atoms. The van der Waals surface area contributed by atoms with Crippen LogP contribution in [0.1, 0.15) is 215 Å². The monoisotopic (exact) mass is 1890 g/mol. The minimum absolute atomic E-state index is 0. The molecule has 0 saturated heterocycles. The molecule has 120 heavy (non-hydrogen) atoms. The molecule has 0 bridgehead atoms. The number of nitrogens with one attached hydrogen (secondary N) is 1. The second kappa shape index (κ2) is 36.5. The molecule has 0 aliphatic heterocycles. The van der Waals surface area contributed by atoms with Crippen LogP contribution in [-0.4, -0.2) is 60.2 Å². The van der Waals surface area contributed by atoms with Crippen molar-refractivity contribution >= 4 is 202 Å². The van der Waals surface area contributed by atoms with Crippen LogP contribution in [0.5, 0.6) is 5.75 Å². The summed E-state index contributed by atoms with van der Waals surface area (Å²) in [6.07, 6.45) is 17.0. The van der Waals surface area contributed by atoms with Gasteiger partial charge in [0.1, 0.15) is 35.2 Å². The van der Waals surface area contributed by atoms with Gasteiger partial charge in [-0.05, 0) is 300 Å². The van der Waals surface area contributed by atoms with E-state index in [9.17, 15) is 37.9 Å². The van der Waals surface area contributed by atoms with E-state index in [1.807, 2.05) is 77.5 Å². The van der Waals surface area contributed by atoms with Crippen LogP contribution >= 0.6 is 127 Å². The normalized spacial score (nSPS) is 20.3. The lowest BCUT2D eigenvalue weighted by Crippen LogP contribution is -2.42. The molecule has 7 aliphatic rings. The number of amides is 1. The van der Waals surface area contributed by atoms with Gasteiger partial charge in [-0.25, -0.2) is 43.6 Å². The van der Waals surface area contributed by atoms with E-state index in [0.29, 0.717) is 94.1 Å². The van der Waals surface area contributed by atoms with Crippen molar-refractivity contribution in [1.82, 2.24) is 30.4 Å². The van der Waals surface area contributed by atoms with E-state index in [4.69, 9.17) is 36.0 Å². The highest BCUT2D eigenvalue weighted by molar-refractivity contribution is 9.10. The molecule has 1 unspecified atom stereocenters. The summed E-state index contributed by atoms with van der Waals surface area (Å²) in [5.74, 6) is 1.07. The lowest BCUT2D eigenvalue weighted by atomic mass is 9.75. The summed E-state index contributed by atoms with van der Waals surface area (Å²) in [5.41, 5.74) is 12.6. The van der Waals surface area contributed by atoms with Crippen molar-refractivity contribution in [2.24, 2.45) is 0 Å². The topological polar surface area (TPSA) is 187 Å². The number of carbonyl (C=O) groups excluding carboxylic acids is 2. The molecule has 3 N–H and O–H groups in total. The Morgan fingerprint density at radius 1 is 0.500 bits per heavy atom. The van der Waals surface area contributed by atoms with Gasteiger partial charge in [-0.1, -0.05) is 116 Å². The number of carbonyl (C=O) groups is 3. The van der Waals surface area contributed by atoms with Gasteiger partial charge in [0.2, 0.25) is 0 Å². The molecule has 1 amide bonds. The average molecular weight is 1890 g/mol. The first kappa shape index (κ1) is 87.0. The van der Waals surface area contributed by atoms with Gasteiger partial charge in [0.05, 0.1) is 89.1 Å². The SMILES string of the molecule is Brc1ccc2sc(C3CC3)nc2c1.COc1ccc(COC(=O)[C@]2(c3cccc(F)c3C)C=C(c3ccc4sc(C5CC5)nc4c3)CC2)cc1.Cc1c(F)cccc1[C@]1(C(=O)NO)CC[C@H](c2ccc3sc(C4CC4)nc3c2)C1.Cc1c(F)cccc1[C@]1(C(=O)O)CCC(c2ccc3sc(C4CC4)nc3c2)C1.Clc1nc2cc(Br)ccc2s1.S.S.[2HH]. The van der Waals surface area contributed by atoms with Gasteiger partial charge in [-0.2, -0.15) is 27.0 Å². The smallest absolute Gasteiger partial charge is 0.320 e. The molecule has 6 fully saturated rings. The Kier molecular flexibility index (Phi) is 26.4. The van der Waals surface area contributed by atoms with Crippen LogP contribution in [-0.2, 0) is 42.0 Å². The van der Waals surface area contributed by atoms with Gasteiger partial charge in [0, 0.05) is 34.0 Å². The maximum atomic E-state index is 14.7. The van der Waals surface area contributed by atoms with Crippen LogP contribution in [0.4, 0.5) is 13.2 Å². The molecule has 7 aliphatic carbocycles. The number of aromatic nitrogens is 5. The predicted octanol–water partition coefficient (Wildman–Crippen LogP) is 26.9. The van der Waals surface area contributed by atoms with Crippen LogP contribution in [0.2, 0.25) is 4.47 Å². The molecule has 6 saturated carbocycles. The van der Waals surface area contributed by atoms with Gasteiger partial charge in [-0.3, -0.25) is 19.6 Å². The quantitative estimate of drug-likeness (QED) is 0.0473. The molecule has 5 heterocycles. The molecule has 0 radical (unpaired) electrons. The maximum Gasteiger partial charge on any atom is 0.320 e. The van der Waals surface area contributed by atoms with Crippen molar-refractivity contribution in [2.45, 2.75) is 182 Å². The largest absolute Gasteiger partial charge is 0.497 e. The van der Waals surface area contributed by atoms with Crippen LogP contribution in [0.25, 0.3) is 56.7 Å². The molecule has 5 atom stereocenters. The third-order valence-corrected chi connectivity index (χ3v) is 31.3. The number of hydrogen-bond acceptors (Lipinski definition) is 16. The van der Waals surface area contributed by atoms with Gasteiger partial charge in [0.15, 0.2) is 4.47 Å². The fraction of sp³-hybridized carbons (Fsp3) is 0.319. The van der Waals surface area contributed by atoms with E-state index in [1.54, 1.807) is 86.2 Å². The zero-order valence-corrected chi connectivity index (χ0v) is 76.2. The van der Waals surface area contributed by atoms with Crippen LogP contribution in [0.15, 0.2) is 185 Å². The highest BCUT2D eigenvalue weighted by Crippen LogP contribution is 2.55. The van der Waals surface area contributed by atoms with Crippen LogP contribution < -0.4 is 10.2 Å². The van der Waals surface area contributed by atoms with Gasteiger partial charge >= 0.3 is 11.9 Å². The number of methoxy groups -OCH3 is 1. The third kappa shape index (κ3) is 18.4. The van der Waals surface area contributed by atoms with Crippen molar-refractivity contribution in [2.75, 3.05) is 7.11 Å². The molecule has 622 valence electrons. The number of nitrogens with zero attached hydrogens (tertiary/aromatic N) is 5. The molecular weight excluding hydrogens is 1800 g/mol. The number of esters is 1. The summed E-state index contributed by atoms with van der Waals surface area (Å²) in [6, 6.07) is 53.5. The number of allylic oxidation sites excluding steroid dienone is 1. The summed E-state index contributed by atoms with van der Waals surface area (Å²) < 4.78 is 62.9. The molecule has 9 aromatic carbocycles. The number of ether oxygens (including phenoxy) is 2. The number of carboxylic acids is 1. The first-order valence-electron chi connectivity index (χ1n) is 40.0. The summed E-state index contributed by atoms with van der Waals surface area (Å²) in [6.45, 7) is 5.25. The zero-order chi connectivity index (χ0) is 81.9. The number of benzene rings is 9. The number of fused-ring (bicyclic) bond motifs is 5. The molecule has 5 aromatic heterocycles. The predicted molar refractivity (Wildman–Crippen MR) is 498 cm³/mol. The Balaban J connectivity index is 0.000000130. The second-order valence-corrected chi connectivity index (χ2v) is 39.9. The minimum atomic E-state index is -1.05. The summed E-state index contributed by atoms with van der Waals surface area (Å²) >= 11 is 21.2. The van der Waals surface area contributed by atoms with Gasteiger partial charge in [0.25, 0.3) is 5.91 Å². The van der Waals surface area contributed by atoms with Gasteiger partial charge in [-0.15, -0.1) is 56.7 Å². The Morgan fingerprint density at radius 2 is 0.908 bits per heavy atom. The van der Waals surface area contributed by atoms with E-state index >= 15 is 0 Å². The Hall–Kier alpha value is -7.92. The van der Waals surface area contributed by atoms with E-state index in [-0.39, 0.29) is 70.3 Å². The number of hydroxylamine groups is 1. The summed E-state index contributed by atoms with van der Waals surface area (Å²) in [4.78, 5) is 62.2. The van der Waals surface area contributed by atoms with Crippen LogP contribution in [0.3, 0.4) is 0 Å². The second-order valence-electron chi connectivity index (χ2n) is 32.2. The average Bonchev–Trinajstić information content (AvgIpc) is 1.63. The fourth-order valence-electron chi connectivity index (χ4n) is 17.1. The number of carboxylic acid groups (broad SMARTS) is 1. The first-order chi connectivity index (χ1) is 57.0. The number of halogens is 6. The molecular formula is C94H90Br2ClF3N6O7S7. The van der Waals surface area contributed by atoms with E-state index < -0.39 is 28.1 Å². The first-order valence-corrected chi connectivity index (χ1v) is 46.0. The van der Waals surface area contributed by atoms with Crippen molar-refractivity contribution in [3.63, 3.8) is 0 Å². The van der Waals surface area contributed by atoms with E-state index in [2.05, 4.69) is 115 Å². The highest BCUT2D eigenvalue weighted by atomic mass is 79.9. The molecule has 14 aromatic rings. The van der Waals surface area contributed by atoms with Crippen molar-refractivity contribution < 1.29 is 48.8 Å². The number of aliphatic carboxylic acids is 1.